The number of carbonyl (C=O) groups excluding carboxylic acids is 2. The number of Topliss-reactive ketones (excluding diaryl/α,β-unsaturated/α-hetero) is 1. The van der Waals surface area contributed by atoms with Gasteiger partial charge >= 0.3 is 0 Å². The fourth-order valence-corrected chi connectivity index (χ4v) is 4.21. The van der Waals surface area contributed by atoms with E-state index >= 15 is 0 Å². The minimum Gasteiger partial charge on any atom is -0.507 e. The molecule has 1 saturated heterocycles. The zero-order valence-corrected chi connectivity index (χ0v) is 19.3. The lowest BCUT2D eigenvalue weighted by Crippen LogP contribution is -2.29. The monoisotopic (exact) mass is 465 g/mol. The third kappa shape index (κ3) is 4.14. The summed E-state index contributed by atoms with van der Waals surface area (Å²) in [5.41, 5.74) is 1.69. The molecule has 0 saturated carbocycles. The molecule has 7 heteroatoms. The van der Waals surface area contributed by atoms with Gasteiger partial charge in [0.1, 0.15) is 23.3 Å². The quantitative estimate of drug-likeness (QED) is 0.271. The third-order valence-corrected chi connectivity index (χ3v) is 5.78. The number of halogens is 1. The standard InChI is InChI=1S/C26H24ClNO5/c1-4-32-20-11-10-16(13-19(20)15(2)3)24(29)22-23(21-9-6-12-33-21)28(26(31)25(22)30)18-8-5-7-17(27)14-18/h5-15,23,29H,4H2,1-3H3/b24-22-. The maximum atomic E-state index is 13.2. The first-order valence-corrected chi connectivity index (χ1v) is 11.1. The van der Waals surface area contributed by atoms with Crippen LogP contribution in [-0.2, 0) is 9.59 Å². The molecule has 1 unspecified atom stereocenters. The Hall–Kier alpha value is -3.51. The number of furan rings is 1. The molecule has 2 aromatic carbocycles. The second-order valence-electron chi connectivity index (χ2n) is 8.00. The molecule has 0 radical (unpaired) electrons. The van der Waals surface area contributed by atoms with E-state index in [1.54, 1.807) is 54.6 Å². The molecule has 1 atom stereocenters. The molecular weight excluding hydrogens is 442 g/mol. The van der Waals surface area contributed by atoms with Crippen LogP contribution in [-0.4, -0.2) is 23.4 Å². The van der Waals surface area contributed by atoms with E-state index in [0.29, 0.717) is 34.4 Å². The first kappa shape index (κ1) is 22.7. The van der Waals surface area contributed by atoms with E-state index < -0.39 is 17.7 Å². The van der Waals surface area contributed by atoms with Crippen molar-refractivity contribution in [3.05, 3.63) is 88.3 Å². The number of anilines is 1. The van der Waals surface area contributed by atoms with Crippen molar-refractivity contribution in [1.29, 1.82) is 0 Å². The van der Waals surface area contributed by atoms with E-state index in [4.69, 9.17) is 20.8 Å². The van der Waals surface area contributed by atoms with Crippen LogP contribution in [0.2, 0.25) is 5.02 Å². The summed E-state index contributed by atoms with van der Waals surface area (Å²) in [4.78, 5) is 27.6. The van der Waals surface area contributed by atoms with Crippen molar-refractivity contribution in [3.63, 3.8) is 0 Å². The summed E-state index contributed by atoms with van der Waals surface area (Å²) in [5.74, 6) is -0.654. The van der Waals surface area contributed by atoms with Gasteiger partial charge in [-0.3, -0.25) is 14.5 Å². The summed E-state index contributed by atoms with van der Waals surface area (Å²) in [6, 6.07) is 14.3. The molecule has 0 bridgehead atoms. The average molecular weight is 466 g/mol. The van der Waals surface area contributed by atoms with Crippen molar-refractivity contribution in [3.8, 4) is 5.75 Å². The predicted molar refractivity (Wildman–Crippen MR) is 127 cm³/mol. The molecule has 0 aliphatic carbocycles. The van der Waals surface area contributed by atoms with E-state index in [1.165, 1.54) is 11.2 Å². The molecule has 6 nitrogen and oxygen atoms in total. The van der Waals surface area contributed by atoms with Gasteiger partial charge in [0.2, 0.25) is 0 Å². The fraction of sp³-hybridized carbons (Fsp3) is 0.231. The Kier molecular flexibility index (Phi) is 6.29. The van der Waals surface area contributed by atoms with E-state index in [9.17, 15) is 14.7 Å². The number of ketones is 1. The highest BCUT2D eigenvalue weighted by Crippen LogP contribution is 2.43. The number of aliphatic hydroxyl groups excluding tert-OH is 1. The van der Waals surface area contributed by atoms with Gasteiger partial charge in [0.25, 0.3) is 11.7 Å². The highest BCUT2D eigenvalue weighted by atomic mass is 35.5. The molecule has 170 valence electrons. The normalized spacial score (nSPS) is 17.7. The van der Waals surface area contributed by atoms with E-state index in [2.05, 4.69) is 0 Å². The second kappa shape index (κ2) is 9.16. The number of ether oxygens (including phenoxy) is 1. The largest absolute Gasteiger partial charge is 0.507 e. The first-order valence-electron chi connectivity index (χ1n) is 10.7. The summed E-state index contributed by atoms with van der Waals surface area (Å²) in [6.07, 6.45) is 1.46. The molecule has 1 aliphatic heterocycles. The molecular formula is C26H24ClNO5. The van der Waals surface area contributed by atoms with Crippen LogP contribution < -0.4 is 9.64 Å². The topological polar surface area (TPSA) is 80.0 Å². The second-order valence-corrected chi connectivity index (χ2v) is 8.44. The summed E-state index contributed by atoms with van der Waals surface area (Å²) in [5, 5.41) is 11.7. The molecule has 3 aromatic rings. The van der Waals surface area contributed by atoms with Gasteiger partial charge in [-0.25, -0.2) is 0 Å². The highest BCUT2D eigenvalue weighted by Gasteiger charge is 2.48. The van der Waals surface area contributed by atoms with Gasteiger partial charge < -0.3 is 14.3 Å². The van der Waals surface area contributed by atoms with Gasteiger partial charge in [0, 0.05) is 16.3 Å². The van der Waals surface area contributed by atoms with Gasteiger partial charge in [0.05, 0.1) is 18.4 Å². The van der Waals surface area contributed by atoms with Crippen LogP contribution in [0.15, 0.2) is 70.9 Å². The predicted octanol–water partition coefficient (Wildman–Crippen LogP) is 6.08. The van der Waals surface area contributed by atoms with Crippen LogP contribution in [0.25, 0.3) is 5.76 Å². The van der Waals surface area contributed by atoms with Crippen LogP contribution in [0.1, 0.15) is 49.6 Å². The number of hydrogen-bond donors (Lipinski definition) is 1. The Balaban J connectivity index is 1.90. The lowest BCUT2D eigenvalue weighted by molar-refractivity contribution is -0.132. The summed E-state index contributed by atoms with van der Waals surface area (Å²) >= 11 is 6.14. The number of hydrogen-bond acceptors (Lipinski definition) is 5. The smallest absolute Gasteiger partial charge is 0.300 e. The molecule has 1 aromatic heterocycles. The Morgan fingerprint density at radius 1 is 1.15 bits per heavy atom. The minimum absolute atomic E-state index is 0.0474. The van der Waals surface area contributed by atoms with Crippen LogP contribution >= 0.6 is 11.6 Å². The van der Waals surface area contributed by atoms with Crippen molar-refractivity contribution in [2.45, 2.75) is 32.7 Å². The van der Waals surface area contributed by atoms with E-state index in [0.717, 1.165) is 5.56 Å². The van der Waals surface area contributed by atoms with Gasteiger partial charge in [-0.1, -0.05) is 31.5 Å². The Bertz CT molecular complexity index is 1230. The van der Waals surface area contributed by atoms with Crippen LogP contribution in [0, 0.1) is 0 Å². The molecule has 2 heterocycles. The molecule has 33 heavy (non-hydrogen) atoms. The minimum atomic E-state index is -0.937. The first-order chi connectivity index (χ1) is 15.8. The number of rotatable bonds is 6. The van der Waals surface area contributed by atoms with Crippen LogP contribution in [0.5, 0.6) is 5.75 Å². The highest BCUT2D eigenvalue weighted by molar-refractivity contribution is 6.51. The van der Waals surface area contributed by atoms with Crippen LogP contribution in [0.4, 0.5) is 5.69 Å². The van der Waals surface area contributed by atoms with Crippen molar-refractivity contribution in [1.82, 2.24) is 0 Å². The molecule has 1 aliphatic rings. The van der Waals surface area contributed by atoms with Gasteiger partial charge in [-0.2, -0.15) is 0 Å². The SMILES string of the molecule is CCOc1ccc(/C(O)=C2/C(=O)C(=O)N(c3cccc(Cl)c3)C2c2ccco2)cc1C(C)C. The Labute approximate surface area is 197 Å². The number of aliphatic hydroxyl groups is 1. The van der Waals surface area contributed by atoms with Crippen LogP contribution in [0.3, 0.4) is 0 Å². The fourth-order valence-electron chi connectivity index (χ4n) is 4.03. The number of nitrogens with zero attached hydrogens (tertiary/aromatic N) is 1. The lowest BCUT2D eigenvalue weighted by atomic mass is 9.95. The number of carbonyl (C=O) groups is 2. The van der Waals surface area contributed by atoms with Crippen molar-refractivity contribution in [2.24, 2.45) is 0 Å². The summed E-state index contributed by atoms with van der Waals surface area (Å²) in [6.45, 7) is 6.44. The van der Waals surface area contributed by atoms with Crippen molar-refractivity contribution in [2.75, 3.05) is 11.5 Å². The molecule has 4 rings (SSSR count). The average Bonchev–Trinajstić information content (AvgIpc) is 3.40. The maximum absolute atomic E-state index is 13.2. The molecule has 1 N–H and O–H groups in total. The number of amides is 1. The zero-order valence-electron chi connectivity index (χ0n) is 18.5. The maximum Gasteiger partial charge on any atom is 0.300 e. The van der Waals surface area contributed by atoms with E-state index in [1.807, 2.05) is 20.8 Å². The third-order valence-electron chi connectivity index (χ3n) is 5.55. The Morgan fingerprint density at radius 2 is 1.94 bits per heavy atom. The van der Waals surface area contributed by atoms with Crippen molar-refractivity contribution < 1.29 is 23.8 Å². The summed E-state index contributed by atoms with van der Waals surface area (Å²) in [7, 11) is 0. The Morgan fingerprint density at radius 3 is 2.58 bits per heavy atom. The summed E-state index contributed by atoms with van der Waals surface area (Å²) < 4.78 is 11.3. The number of benzene rings is 2. The van der Waals surface area contributed by atoms with Gasteiger partial charge in [-0.05, 0) is 66.9 Å². The van der Waals surface area contributed by atoms with E-state index in [-0.39, 0.29) is 17.3 Å². The zero-order chi connectivity index (χ0) is 23.7. The lowest BCUT2D eigenvalue weighted by Gasteiger charge is -2.23. The molecule has 0 spiro atoms. The van der Waals surface area contributed by atoms with Gasteiger partial charge in [-0.15, -0.1) is 0 Å². The molecule has 1 fully saturated rings. The van der Waals surface area contributed by atoms with Gasteiger partial charge in [0.15, 0.2) is 0 Å². The van der Waals surface area contributed by atoms with Crippen molar-refractivity contribution >= 4 is 34.7 Å². The molecule has 1 amide bonds.